The maximum Gasteiger partial charge on any atom is 0.270 e. The number of carbonyl (C=O) groups excluding carboxylic acids is 1. The lowest BCUT2D eigenvalue weighted by Crippen LogP contribution is -2.12. The van der Waals surface area contributed by atoms with Crippen LogP contribution < -0.4 is 5.32 Å². The Morgan fingerprint density at radius 1 is 1.21 bits per heavy atom. The fourth-order valence-electron chi connectivity index (χ4n) is 1.77. The molecule has 2 aromatic rings. The van der Waals surface area contributed by atoms with Crippen LogP contribution in [0.5, 0.6) is 0 Å². The van der Waals surface area contributed by atoms with Crippen LogP contribution in [-0.2, 0) is 10.0 Å². The van der Waals surface area contributed by atoms with E-state index in [1.807, 2.05) is 0 Å². The second-order valence-corrected chi connectivity index (χ2v) is 6.02. The zero-order valence-electron chi connectivity index (χ0n) is 11.9. The third kappa shape index (κ3) is 3.85. The average Bonchev–Trinajstić information content (AvgIpc) is 2.55. The summed E-state index contributed by atoms with van der Waals surface area (Å²) in [6.07, 6.45) is 0. The van der Waals surface area contributed by atoms with Gasteiger partial charge in [-0.05, 0) is 35.9 Å². The minimum absolute atomic E-state index is 0.0787. The number of nitro benzene ring substituents is 1. The third-order valence-corrected chi connectivity index (χ3v) is 4.03. The quantitative estimate of drug-likeness (QED) is 0.289. The molecule has 2 rings (SSSR count). The van der Waals surface area contributed by atoms with Gasteiger partial charge in [0.25, 0.3) is 21.6 Å². The van der Waals surface area contributed by atoms with Crippen molar-refractivity contribution in [3.05, 3.63) is 74.7 Å². The van der Waals surface area contributed by atoms with Gasteiger partial charge in [0.05, 0.1) is 9.82 Å². The van der Waals surface area contributed by atoms with Crippen LogP contribution in [0.25, 0.3) is 10.4 Å². The fourth-order valence-corrected chi connectivity index (χ4v) is 2.44. The van der Waals surface area contributed by atoms with Crippen LogP contribution in [0.3, 0.4) is 0 Å². The first-order valence-electron chi connectivity index (χ1n) is 6.31. The molecule has 0 bridgehead atoms. The number of non-ortho nitro benzene ring substituents is 1. The maximum absolute atomic E-state index is 12.1. The van der Waals surface area contributed by atoms with Crippen LogP contribution in [-0.4, -0.2) is 19.2 Å². The lowest BCUT2D eigenvalue weighted by molar-refractivity contribution is -0.384. The van der Waals surface area contributed by atoms with E-state index >= 15 is 0 Å². The molecule has 0 fully saturated rings. The maximum atomic E-state index is 12.1. The highest BCUT2D eigenvalue weighted by atomic mass is 32.2. The molecule has 10 nitrogen and oxygen atoms in total. The molecule has 1 amide bonds. The van der Waals surface area contributed by atoms with E-state index in [1.54, 1.807) is 0 Å². The minimum atomic E-state index is -4.10. The van der Waals surface area contributed by atoms with Crippen LogP contribution in [0.4, 0.5) is 11.4 Å². The molecule has 0 heterocycles. The number of hydrogen-bond acceptors (Lipinski definition) is 5. The lowest BCUT2D eigenvalue weighted by atomic mass is 10.2. The summed E-state index contributed by atoms with van der Waals surface area (Å²) >= 11 is 0. The van der Waals surface area contributed by atoms with Crippen LogP contribution in [0.1, 0.15) is 10.4 Å². The topological polar surface area (TPSA) is 155 Å². The summed E-state index contributed by atoms with van der Waals surface area (Å²) < 4.78 is 25.7. The van der Waals surface area contributed by atoms with Crippen molar-refractivity contribution in [3.8, 4) is 0 Å². The Morgan fingerprint density at radius 3 is 2.46 bits per heavy atom. The first kappa shape index (κ1) is 16.9. The molecule has 0 spiro atoms. The van der Waals surface area contributed by atoms with Crippen molar-refractivity contribution in [1.82, 2.24) is 0 Å². The largest absolute Gasteiger partial charge is 0.322 e. The van der Waals surface area contributed by atoms with Crippen LogP contribution in [0, 0.1) is 10.1 Å². The fraction of sp³-hybridized carbons (Fsp3) is 0. The smallest absolute Gasteiger partial charge is 0.270 e. The average molecular weight is 347 g/mol. The number of anilines is 1. The van der Waals surface area contributed by atoms with Gasteiger partial charge in [0.15, 0.2) is 0 Å². The Hall–Kier alpha value is -3.43. The molecular formula is C13H9N5O5S. The zero-order chi connectivity index (χ0) is 17.7. The zero-order valence-corrected chi connectivity index (χ0v) is 12.7. The van der Waals surface area contributed by atoms with Crippen molar-refractivity contribution in [1.29, 1.82) is 0 Å². The van der Waals surface area contributed by atoms with Crippen molar-refractivity contribution in [2.75, 3.05) is 5.32 Å². The summed E-state index contributed by atoms with van der Waals surface area (Å²) in [6.45, 7) is 0. The number of nitrogens with one attached hydrogen (secondary N) is 1. The van der Waals surface area contributed by atoms with Crippen molar-refractivity contribution in [3.63, 3.8) is 0 Å². The molecule has 0 saturated carbocycles. The van der Waals surface area contributed by atoms with E-state index < -0.39 is 20.9 Å². The second kappa shape index (κ2) is 6.77. The van der Waals surface area contributed by atoms with E-state index in [1.165, 1.54) is 30.3 Å². The number of nitro groups is 1. The first-order valence-corrected chi connectivity index (χ1v) is 7.75. The van der Waals surface area contributed by atoms with E-state index in [0.29, 0.717) is 0 Å². The van der Waals surface area contributed by atoms with Gasteiger partial charge >= 0.3 is 0 Å². The van der Waals surface area contributed by atoms with Gasteiger partial charge in [-0.15, -0.1) is 0 Å². The Labute approximate surface area is 135 Å². The molecule has 1 N–H and O–H groups in total. The standard InChI is InChI=1S/C13H9N5O5S/c14-16-17-24(22,23)12-6-4-10(5-7-12)15-13(19)9-2-1-3-11(8-9)18(20)21/h1-8H,(H,15,19). The van der Waals surface area contributed by atoms with E-state index in [0.717, 1.165) is 18.2 Å². The van der Waals surface area contributed by atoms with Crippen molar-refractivity contribution >= 4 is 27.3 Å². The molecule has 0 aromatic heterocycles. The van der Waals surface area contributed by atoms with Crippen LogP contribution >= 0.6 is 0 Å². The normalized spacial score (nSPS) is 10.5. The third-order valence-electron chi connectivity index (χ3n) is 2.87. The van der Waals surface area contributed by atoms with Gasteiger partial charge in [0, 0.05) is 32.8 Å². The minimum Gasteiger partial charge on any atom is -0.322 e. The Kier molecular flexibility index (Phi) is 4.78. The Bertz CT molecular complexity index is 949. The molecule has 0 saturated heterocycles. The van der Waals surface area contributed by atoms with Gasteiger partial charge in [0.1, 0.15) is 0 Å². The SMILES string of the molecule is [N-]=[N+]=NS(=O)(=O)c1ccc(NC(=O)c2cccc([N+](=O)[O-])c2)cc1. The van der Waals surface area contributed by atoms with E-state index in [-0.39, 0.29) is 21.8 Å². The second-order valence-electron chi connectivity index (χ2n) is 4.43. The molecular weight excluding hydrogens is 338 g/mol. The Morgan fingerprint density at radius 2 is 1.88 bits per heavy atom. The number of rotatable bonds is 5. The summed E-state index contributed by atoms with van der Waals surface area (Å²) in [6, 6.07) is 10.1. The highest BCUT2D eigenvalue weighted by molar-refractivity contribution is 7.90. The van der Waals surface area contributed by atoms with Gasteiger partial charge < -0.3 is 5.32 Å². The summed E-state index contributed by atoms with van der Waals surface area (Å²) in [4.78, 5) is 24.1. The molecule has 0 aliphatic rings. The number of nitrogens with zero attached hydrogens (tertiary/aromatic N) is 4. The molecule has 122 valence electrons. The van der Waals surface area contributed by atoms with E-state index in [2.05, 4.69) is 14.7 Å². The number of benzene rings is 2. The molecule has 0 aliphatic heterocycles. The molecule has 0 atom stereocenters. The van der Waals surface area contributed by atoms with Gasteiger partial charge in [-0.3, -0.25) is 14.9 Å². The highest BCUT2D eigenvalue weighted by Crippen LogP contribution is 2.18. The summed E-state index contributed by atoms with van der Waals surface area (Å²) in [5, 5.41) is 13.2. The summed E-state index contributed by atoms with van der Waals surface area (Å²) in [5.74, 6) is -0.593. The highest BCUT2D eigenvalue weighted by Gasteiger charge is 2.14. The summed E-state index contributed by atoms with van der Waals surface area (Å²) in [7, 11) is -4.10. The van der Waals surface area contributed by atoms with Crippen LogP contribution in [0.2, 0.25) is 0 Å². The van der Waals surface area contributed by atoms with Crippen molar-refractivity contribution in [2.24, 2.45) is 4.52 Å². The van der Waals surface area contributed by atoms with Gasteiger partial charge in [-0.25, -0.2) is 8.42 Å². The number of carbonyl (C=O) groups is 1. The number of amides is 1. The number of hydrogen-bond donors (Lipinski definition) is 1. The first-order chi connectivity index (χ1) is 11.3. The predicted molar refractivity (Wildman–Crippen MR) is 83.8 cm³/mol. The summed E-state index contributed by atoms with van der Waals surface area (Å²) in [5.41, 5.74) is 8.32. The van der Waals surface area contributed by atoms with E-state index in [4.69, 9.17) is 5.53 Å². The van der Waals surface area contributed by atoms with Gasteiger partial charge in [-0.1, -0.05) is 6.07 Å². The monoisotopic (exact) mass is 347 g/mol. The van der Waals surface area contributed by atoms with Crippen molar-refractivity contribution in [2.45, 2.75) is 4.90 Å². The molecule has 24 heavy (non-hydrogen) atoms. The molecule has 0 aliphatic carbocycles. The molecule has 0 unspecified atom stereocenters. The van der Waals surface area contributed by atoms with Gasteiger partial charge in [-0.2, -0.15) is 0 Å². The van der Waals surface area contributed by atoms with Crippen molar-refractivity contribution < 1.29 is 18.1 Å². The van der Waals surface area contributed by atoms with E-state index in [9.17, 15) is 23.3 Å². The number of azide groups is 1. The molecule has 11 heteroatoms. The lowest BCUT2D eigenvalue weighted by Gasteiger charge is -2.06. The molecule has 2 aromatic carbocycles. The Balaban J connectivity index is 2.20. The predicted octanol–water partition coefficient (Wildman–Crippen LogP) is 2.85. The van der Waals surface area contributed by atoms with Crippen LogP contribution in [0.15, 0.2) is 57.9 Å². The van der Waals surface area contributed by atoms with Gasteiger partial charge in [0.2, 0.25) is 0 Å². The number of sulfonamides is 1. The molecule has 0 radical (unpaired) electrons.